The molecule has 0 aliphatic carbocycles. The summed E-state index contributed by atoms with van der Waals surface area (Å²) >= 11 is 1.84. The van der Waals surface area contributed by atoms with E-state index in [0.29, 0.717) is 0 Å². The molecule has 0 aliphatic heterocycles. The molecule has 0 bridgehead atoms. The minimum absolute atomic E-state index is 1.21. The van der Waals surface area contributed by atoms with Crippen molar-refractivity contribution in [3.05, 3.63) is 5.25 Å². The van der Waals surface area contributed by atoms with Gasteiger partial charge in [0.15, 0.2) is 0 Å². The summed E-state index contributed by atoms with van der Waals surface area (Å²) in [6.07, 6.45) is 3.32. The smallest absolute Gasteiger partial charge is 0.0270 e. The monoisotopic (exact) mass is 103 g/mol. The Morgan fingerprint density at radius 2 is 2.17 bits per heavy atom. The molecule has 0 saturated heterocycles. The fourth-order valence-electron chi connectivity index (χ4n) is 0.144. The van der Waals surface area contributed by atoms with Crippen LogP contribution in [0.3, 0.4) is 0 Å². The van der Waals surface area contributed by atoms with Gasteiger partial charge in [-0.25, -0.2) is 0 Å². The van der Waals surface area contributed by atoms with Crippen molar-refractivity contribution in [2.75, 3.05) is 6.26 Å². The lowest BCUT2D eigenvalue weighted by Crippen LogP contribution is -1.75. The van der Waals surface area contributed by atoms with Gasteiger partial charge in [-0.1, -0.05) is 6.92 Å². The van der Waals surface area contributed by atoms with Crippen molar-refractivity contribution in [2.45, 2.75) is 20.3 Å². The molecule has 0 atom stereocenters. The summed E-state index contributed by atoms with van der Waals surface area (Å²) in [5, 5.41) is 1.51. The maximum Gasteiger partial charge on any atom is 0.0270 e. The van der Waals surface area contributed by atoms with Gasteiger partial charge in [-0.05, 0) is 19.6 Å². The molecule has 0 saturated carbocycles. The quantitative estimate of drug-likeness (QED) is 0.517. The molecule has 6 heavy (non-hydrogen) atoms. The van der Waals surface area contributed by atoms with Crippen molar-refractivity contribution >= 4 is 11.8 Å². The summed E-state index contributed by atoms with van der Waals surface area (Å²) in [6.45, 7) is 4.33. The molecule has 0 spiro atoms. The van der Waals surface area contributed by atoms with E-state index in [9.17, 15) is 0 Å². The van der Waals surface area contributed by atoms with Gasteiger partial charge in [0.25, 0.3) is 0 Å². The van der Waals surface area contributed by atoms with Gasteiger partial charge in [-0.15, -0.1) is 0 Å². The van der Waals surface area contributed by atoms with E-state index in [-0.39, 0.29) is 0 Å². The molecule has 0 aromatic rings. The maximum atomic E-state index is 2.17. The van der Waals surface area contributed by atoms with Crippen molar-refractivity contribution in [1.29, 1.82) is 0 Å². The topological polar surface area (TPSA) is 0 Å². The first-order valence-corrected chi connectivity index (χ1v) is 3.40. The van der Waals surface area contributed by atoms with Gasteiger partial charge in [-0.2, -0.15) is 11.8 Å². The molecule has 0 rings (SSSR count). The second-order valence-electron chi connectivity index (χ2n) is 1.26. The van der Waals surface area contributed by atoms with Gasteiger partial charge < -0.3 is 0 Å². The summed E-state index contributed by atoms with van der Waals surface area (Å²) in [4.78, 5) is 0. The van der Waals surface area contributed by atoms with Gasteiger partial charge in [0.1, 0.15) is 0 Å². The highest BCUT2D eigenvalue weighted by molar-refractivity contribution is 8.01. The minimum atomic E-state index is 1.21. The van der Waals surface area contributed by atoms with Crippen LogP contribution in [0.1, 0.15) is 20.3 Å². The van der Waals surface area contributed by atoms with Gasteiger partial charge >= 0.3 is 0 Å². The largest absolute Gasteiger partial charge is 0.157 e. The molecule has 0 fully saturated rings. The molecule has 1 heteroatoms. The van der Waals surface area contributed by atoms with Gasteiger partial charge in [0.2, 0.25) is 0 Å². The molecule has 0 aliphatic rings. The SMILES string of the molecule is CC[C](C)SC. The zero-order valence-corrected chi connectivity index (χ0v) is 5.43. The summed E-state index contributed by atoms with van der Waals surface area (Å²) in [7, 11) is 0. The number of hydrogen-bond acceptors (Lipinski definition) is 1. The molecule has 0 aromatic carbocycles. The van der Waals surface area contributed by atoms with E-state index in [1.165, 1.54) is 11.7 Å². The Balaban J connectivity index is 2.75. The van der Waals surface area contributed by atoms with Crippen molar-refractivity contribution in [3.63, 3.8) is 0 Å². The summed E-state index contributed by atoms with van der Waals surface area (Å²) in [5.74, 6) is 0. The Kier molecular flexibility index (Phi) is 3.74. The van der Waals surface area contributed by atoms with Crippen molar-refractivity contribution in [3.8, 4) is 0 Å². The second kappa shape index (κ2) is 3.54. The summed E-state index contributed by atoms with van der Waals surface area (Å²) in [5.41, 5.74) is 0. The van der Waals surface area contributed by atoms with Crippen LogP contribution in [0.4, 0.5) is 0 Å². The third-order valence-electron chi connectivity index (χ3n) is 0.846. The van der Waals surface area contributed by atoms with Crippen LogP contribution in [-0.4, -0.2) is 6.26 Å². The number of rotatable bonds is 2. The summed E-state index contributed by atoms with van der Waals surface area (Å²) < 4.78 is 0. The van der Waals surface area contributed by atoms with Gasteiger partial charge in [0, 0.05) is 5.25 Å². The lowest BCUT2D eigenvalue weighted by molar-refractivity contribution is 1.06. The predicted molar refractivity (Wildman–Crippen MR) is 32.7 cm³/mol. The fourth-order valence-corrected chi connectivity index (χ4v) is 0.433. The first-order chi connectivity index (χ1) is 2.81. The van der Waals surface area contributed by atoms with Gasteiger partial charge in [0.05, 0.1) is 0 Å². The standard InChI is InChI=1S/C5H11S/c1-4-5(2)6-3/h4H2,1-3H3. The van der Waals surface area contributed by atoms with Gasteiger partial charge in [-0.3, -0.25) is 0 Å². The molecule has 1 radical (unpaired) electrons. The summed E-state index contributed by atoms with van der Waals surface area (Å²) in [6, 6.07) is 0. The third-order valence-corrected chi connectivity index (χ3v) is 1.83. The average molecular weight is 103 g/mol. The number of thioether (sulfide) groups is 1. The van der Waals surface area contributed by atoms with Crippen LogP contribution in [0.15, 0.2) is 0 Å². The van der Waals surface area contributed by atoms with E-state index in [2.05, 4.69) is 20.1 Å². The van der Waals surface area contributed by atoms with Crippen LogP contribution >= 0.6 is 11.8 Å². The Hall–Kier alpha value is 0.350. The zero-order chi connectivity index (χ0) is 4.99. The van der Waals surface area contributed by atoms with E-state index in [1.54, 1.807) is 0 Å². The molecule has 0 unspecified atom stereocenters. The average Bonchev–Trinajstić information content (AvgIpc) is 1.65. The minimum Gasteiger partial charge on any atom is -0.157 e. The van der Waals surface area contributed by atoms with Crippen LogP contribution in [0.5, 0.6) is 0 Å². The number of hydrogen-bond donors (Lipinski definition) is 0. The molecular weight excluding hydrogens is 92.1 g/mol. The van der Waals surface area contributed by atoms with E-state index in [1.807, 2.05) is 11.8 Å². The van der Waals surface area contributed by atoms with Crippen molar-refractivity contribution in [1.82, 2.24) is 0 Å². The molecule has 37 valence electrons. The Bertz CT molecular complexity index is 23.1. The third kappa shape index (κ3) is 2.58. The highest BCUT2D eigenvalue weighted by atomic mass is 32.2. The molecule has 0 heterocycles. The first-order valence-electron chi connectivity index (χ1n) is 2.17. The Morgan fingerprint density at radius 1 is 1.67 bits per heavy atom. The predicted octanol–water partition coefficient (Wildman–Crippen LogP) is 2.31. The van der Waals surface area contributed by atoms with E-state index in [0.717, 1.165) is 0 Å². The highest BCUT2D eigenvalue weighted by Gasteiger charge is 1.90. The lowest BCUT2D eigenvalue weighted by atomic mass is 10.4. The normalized spacial score (nSPS) is 10.0. The maximum absolute atomic E-state index is 2.17. The van der Waals surface area contributed by atoms with Crippen LogP contribution < -0.4 is 0 Å². The highest BCUT2D eigenvalue weighted by Crippen LogP contribution is 2.16. The zero-order valence-electron chi connectivity index (χ0n) is 4.62. The molecule has 0 nitrogen and oxygen atoms in total. The van der Waals surface area contributed by atoms with E-state index < -0.39 is 0 Å². The first kappa shape index (κ1) is 6.35. The van der Waals surface area contributed by atoms with E-state index in [4.69, 9.17) is 0 Å². The Labute approximate surface area is 44.3 Å². The Morgan fingerprint density at radius 3 is 2.17 bits per heavy atom. The lowest BCUT2D eigenvalue weighted by Gasteiger charge is -1.97. The van der Waals surface area contributed by atoms with Crippen LogP contribution in [0.2, 0.25) is 0 Å². The van der Waals surface area contributed by atoms with Crippen LogP contribution in [0.25, 0.3) is 0 Å². The van der Waals surface area contributed by atoms with Crippen LogP contribution in [0, 0.1) is 5.25 Å². The molecule has 0 aromatic heterocycles. The van der Waals surface area contributed by atoms with Crippen molar-refractivity contribution in [2.24, 2.45) is 0 Å². The van der Waals surface area contributed by atoms with Crippen molar-refractivity contribution < 1.29 is 0 Å². The van der Waals surface area contributed by atoms with E-state index >= 15 is 0 Å². The second-order valence-corrected chi connectivity index (χ2v) is 2.36. The molecule has 0 N–H and O–H groups in total. The molecular formula is C5H11S. The van der Waals surface area contributed by atoms with Crippen LogP contribution in [-0.2, 0) is 0 Å². The molecule has 0 amide bonds. The fraction of sp³-hybridized carbons (Fsp3) is 0.800.